The van der Waals surface area contributed by atoms with Crippen molar-refractivity contribution in [3.63, 3.8) is 0 Å². The van der Waals surface area contributed by atoms with Gasteiger partial charge < -0.3 is 15.2 Å². The summed E-state index contributed by atoms with van der Waals surface area (Å²) in [6.07, 6.45) is 1.74. The van der Waals surface area contributed by atoms with Crippen molar-refractivity contribution in [1.29, 1.82) is 0 Å². The standard InChI is InChI=1S/C13H20N2O4S/c1-9(11-4-3-7-19-11)15-20(16,17)13-6-5-10(14)8-12(13)18-2/h5-6,8-9,11,15H,3-4,7,14H2,1-2H3. The van der Waals surface area contributed by atoms with Crippen molar-refractivity contribution in [1.82, 2.24) is 4.72 Å². The third-order valence-electron chi connectivity index (χ3n) is 3.34. The molecule has 2 unspecified atom stereocenters. The van der Waals surface area contributed by atoms with E-state index in [0.29, 0.717) is 12.3 Å². The Kier molecular flexibility index (Phi) is 4.52. The molecule has 0 bridgehead atoms. The van der Waals surface area contributed by atoms with Crippen molar-refractivity contribution in [2.75, 3.05) is 19.5 Å². The summed E-state index contributed by atoms with van der Waals surface area (Å²) >= 11 is 0. The van der Waals surface area contributed by atoms with Crippen LogP contribution in [-0.4, -0.2) is 34.3 Å². The Hall–Kier alpha value is -1.31. The Bertz CT molecular complexity index is 568. The number of anilines is 1. The molecule has 1 aliphatic rings. The van der Waals surface area contributed by atoms with E-state index in [1.165, 1.54) is 25.3 Å². The van der Waals surface area contributed by atoms with Crippen LogP contribution >= 0.6 is 0 Å². The maximum atomic E-state index is 12.4. The summed E-state index contributed by atoms with van der Waals surface area (Å²) in [6, 6.07) is 4.18. The molecule has 20 heavy (non-hydrogen) atoms. The lowest BCUT2D eigenvalue weighted by Crippen LogP contribution is -2.40. The molecule has 2 rings (SSSR count). The fraction of sp³-hybridized carbons (Fsp3) is 0.538. The molecule has 1 fully saturated rings. The van der Waals surface area contributed by atoms with Gasteiger partial charge in [-0.1, -0.05) is 0 Å². The minimum absolute atomic E-state index is 0.0791. The fourth-order valence-corrected chi connectivity index (χ4v) is 3.71. The molecule has 112 valence electrons. The van der Waals surface area contributed by atoms with Gasteiger partial charge in [0.2, 0.25) is 10.0 Å². The lowest BCUT2D eigenvalue weighted by atomic mass is 10.1. The lowest BCUT2D eigenvalue weighted by Gasteiger charge is -2.20. The number of nitrogen functional groups attached to an aromatic ring is 1. The second-order valence-electron chi connectivity index (χ2n) is 4.87. The first-order chi connectivity index (χ1) is 9.44. The predicted octanol–water partition coefficient (Wildman–Crippen LogP) is 1.12. The smallest absolute Gasteiger partial charge is 0.244 e. The lowest BCUT2D eigenvalue weighted by molar-refractivity contribution is 0.0902. The van der Waals surface area contributed by atoms with E-state index in [9.17, 15) is 8.42 Å². The minimum atomic E-state index is -3.67. The molecular formula is C13H20N2O4S. The van der Waals surface area contributed by atoms with Crippen LogP contribution in [0.1, 0.15) is 19.8 Å². The van der Waals surface area contributed by atoms with E-state index in [0.717, 1.165) is 12.8 Å². The second-order valence-corrected chi connectivity index (χ2v) is 6.55. The first-order valence-corrected chi connectivity index (χ1v) is 8.00. The number of sulfonamides is 1. The van der Waals surface area contributed by atoms with E-state index >= 15 is 0 Å². The van der Waals surface area contributed by atoms with Crippen LogP contribution in [0.5, 0.6) is 5.75 Å². The van der Waals surface area contributed by atoms with Crippen molar-refractivity contribution in [2.45, 2.75) is 36.8 Å². The van der Waals surface area contributed by atoms with E-state index in [-0.39, 0.29) is 22.8 Å². The van der Waals surface area contributed by atoms with Crippen molar-refractivity contribution in [3.8, 4) is 5.75 Å². The molecule has 0 aliphatic carbocycles. The molecule has 1 aromatic rings. The summed E-state index contributed by atoms with van der Waals surface area (Å²) in [5.74, 6) is 0.233. The zero-order chi connectivity index (χ0) is 14.8. The van der Waals surface area contributed by atoms with E-state index < -0.39 is 10.0 Å². The van der Waals surface area contributed by atoms with Crippen molar-refractivity contribution < 1.29 is 17.9 Å². The molecule has 2 atom stereocenters. The largest absolute Gasteiger partial charge is 0.495 e. The average Bonchev–Trinajstić information content (AvgIpc) is 2.91. The first-order valence-electron chi connectivity index (χ1n) is 6.51. The van der Waals surface area contributed by atoms with Gasteiger partial charge in [-0.25, -0.2) is 13.1 Å². The van der Waals surface area contributed by atoms with Crippen molar-refractivity contribution in [3.05, 3.63) is 18.2 Å². The summed E-state index contributed by atoms with van der Waals surface area (Å²) < 4.78 is 38.0. The third kappa shape index (κ3) is 3.23. The zero-order valence-electron chi connectivity index (χ0n) is 11.6. The quantitative estimate of drug-likeness (QED) is 0.795. The Balaban J connectivity index is 2.21. The van der Waals surface area contributed by atoms with Gasteiger partial charge in [-0.05, 0) is 31.9 Å². The van der Waals surface area contributed by atoms with Crippen LogP contribution in [0.3, 0.4) is 0 Å². The van der Waals surface area contributed by atoms with Gasteiger partial charge in [-0.3, -0.25) is 0 Å². The maximum Gasteiger partial charge on any atom is 0.244 e. The Labute approximate surface area is 119 Å². The molecule has 0 radical (unpaired) electrons. The Morgan fingerprint density at radius 3 is 2.85 bits per heavy atom. The molecule has 3 N–H and O–H groups in total. The summed E-state index contributed by atoms with van der Waals surface area (Å²) in [4.78, 5) is 0.0825. The van der Waals surface area contributed by atoms with Gasteiger partial charge in [-0.2, -0.15) is 0 Å². The van der Waals surface area contributed by atoms with Crippen LogP contribution in [-0.2, 0) is 14.8 Å². The van der Waals surface area contributed by atoms with E-state index in [4.69, 9.17) is 15.2 Å². The Morgan fingerprint density at radius 2 is 2.25 bits per heavy atom. The van der Waals surface area contributed by atoms with Crippen LogP contribution in [0.15, 0.2) is 23.1 Å². The molecule has 6 nitrogen and oxygen atoms in total. The number of nitrogens with one attached hydrogen (secondary N) is 1. The monoisotopic (exact) mass is 300 g/mol. The van der Waals surface area contributed by atoms with Crippen molar-refractivity contribution in [2.24, 2.45) is 0 Å². The molecule has 1 saturated heterocycles. The fourth-order valence-electron chi connectivity index (χ4n) is 2.29. The van der Waals surface area contributed by atoms with Gasteiger partial charge in [0.05, 0.1) is 13.2 Å². The van der Waals surface area contributed by atoms with Crippen molar-refractivity contribution >= 4 is 15.7 Å². The van der Waals surface area contributed by atoms with Crippen LogP contribution in [0.25, 0.3) is 0 Å². The molecule has 7 heteroatoms. The van der Waals surface area contributed by atoms with Gasteiger partial charge in [0, 0.05) is 24.4 Å². The van der Waals surface area contributed by atoms with Gasteiger partial charge in [-0.15, -0.1) is 0 Å². The van der Waals surface area contributed by atoms with Gasteiger partial charge in [0.1, 0.15) is 10.6 Å². The highest BCUT2D eigenvalue weighted by Crippen LogP contribution is 2.26. The van der Waals surface area contributed by atoms with Crippen LogP contribution < -0.4 is 15.2 Å². The number of methoxy groups -OCH3 is 1. The van der Waals surface area contributed by atoms with Crippen LogP contribution in [0, 0.1) is 0 Å². The number of nitrogens with two attached hydrogens (primary N) is 1. The number of benzene rings is 1. The van der Waals surface area contributed by atoms with E-state index in [2.05, 4.69) is 4.72 Å². The summed E-state index contributed by atoms with van der Waals surface area (Å²) in [7, 11) is -2.25. The summed E-state index contributed by atoms with van der Waals surface area (Å²) in [5.41, 5.74) is 6.08. The number of rotatable bonds is 5. The molecule has 1 aromatic carbocycles. The van der Waals surface area contributed by atoms with E-state index in [1.807, 2.05) is 0 Å². The van der Waals surface area contributed by atoms with Gasteiger partial charge in [0.25, 0.3) is 0 Å². The maximum absolute atomic E-state index is 12.4. The molecule has 0 saturated carbocycles. The third-order valence-corrected chi connectivity index (χ3v) is 4.94. The van der Waals surface area contributed by atoms with E-state index in [1.54, 1.807) is 6.92 Å². The number of hydrogen-bond donors (Lipinski definition) is 2. The summed E-state index contributed by atoms with van der Waals surface area (Å²) in [5, 5.41) is 0. The average molecular weight is 300 g/mol. The SMILES string of the molecule is COc1cc(N)ccc1S(=O)(=O)NC(C)C1CCCO1. The van der Waals surface area contributed by atoms with Crippen LogP contribution in [0.4, 0.5) is 5.69 Å². The second kappa shape index (κ2) is 5.99. The summed E-state index contributed by atoms with van der Waals surface area (Å²) in [6.45, 7) is 2.49. The molecule has 0 amide bonds. The highest BCUT2D eigenvalue weighted by Gasteiger charge is 2.28. The van der Waals surface area contributed by atoms with Gasteiger partial charge >= 0.3 is 0 Å². The molecule has 1 heterocycles. The first kappa shape index (κ1) is 15.1. The molecular weight excluding hydrogens is 280 g/mol. The topological polar surface area (TPSA) is 90.7 Å². The van der Waals surface area contributed by atoms with Gasteiger partial charge in [0.15, 0.2) is 0 Å². The number of hydrogen-bond acceptors (Lipinski definition) is 5. The highest BCUT2D eigenvalue weighted by molar-refractivity contribution is 7.89. The predicted molar refractivity (Wildman–Crippen MR) is 76.2 cm³/mol. The highest BCUT2D eigenvalue weighted by atomic mass is 32.2. The van der Waals surface area contributed by atoms with Crippen LogP contribution in [0.2, 0.25) is 0 Å². The molecule has 0 aromatic heterocycles. The molecule has 1 aliphatic heterocycles. The minimum Gasteiger partial charge on any atom is -0.495 e. The zero-order valence-corrected chi connectivity index (χ0v) is 12.4. The Morgan fingerprint density at radius 1 is 1.50 bits per heavy atom. The number of ether oxygens (including phenoxy) is 2. The molecule has 0 spiro atoms. The normalized spacial score (nSPS) is 20.8.